The highest BCUT2D eigenvalue weighted by atomic mass is 35.5. The van der Waals surface area contributed by atoms with Gasteiger partial charge in [0, 0.05) is 49.5 Å². The van der Waals surface area contributed by atoms with Crippen LogP contribution >= 0.6 is 11.6 Å². The van der Waals surface area contributed by atoms with Gasteiger partial charge in [0.15, 0.2) is 0 Å². The van der Waals surface area contributed by atoms with Crippen LogP contribution < -0.4 is 5.73 Å². The summed E-state index contributed by atoms with van der Waals surface area (Å²) in [5.74, 6) is -0.403. The van der Waals surface area contributed by atoms with Crippen LogP contribution in [0.25, 0.3) is 6.08 Å². The van der Waals surface area contributed by atoms with Gasteiger partial charge in [0.25, 0.3) is 0 Å². The summed E-state index contributed by atoms with van der Waals surface area (Å²) < 4.78 is 19.0. The SMILES string of the molecule is Cc1cc(/C=C/C(=O)N2C3CN(Cc4ccc(F)cc4)CC2CN(C(=O)OC(C)(C)C)C3)c(N)cc1Cl. The van der Waals surface area contributed by atoms with Gasteiger partial charge in [-0.3, -0.25) is 9.69 Å². The van der Waals surface area contributed by atoms with Crippen molar-refractivity contribution in [1.29, 1.82) is 0 Å². The van der Waals surface area contributed by atoms with Gasteiger partial charge in [0.05, 0.1) is 12.1 Å². The molecule has 2 aromatic carbocycles. The summed E-state index contributed by atoms with van der Waals surface area (Å²) >= 11 is 6.15. The van der Waals surface area contributed by atoms with Gasteiger partial charge in [0.1, 0.15) is 11.4 Å². The number of carbonyl (C=O) groups is 2. The molecule has 2 N–H and O–H groups in total. The minimum absolute atomic E-state index is 0.132. The molecule has 2 atom stereocenters. The Kier molecular flexibility index (Phi) is 7.80. The highest BCUT2D eigenvalue weighted by molar-refractivity contribution is 6.31. The molecule has 4 rings (SSSR count). The van der Waals surface area contributed by atoms with Crippen LogP contribution in [-0.2, 0) is 16.1 Å². The lowest BCUT2D eigenvalue weighted by molar-refractivity contribution is -0.140. The molecule has 2 amide bonds. The van der Waals surface area contributed by atoms with Crippen molar-refractivity contribution < 1.29 is 18.7 Å². The standard InChI is InChI=1S/C28H34ClFN4O3/c1-18-11-20(25(31)12-24(18)29)7-10-26(35)34-22-14-32(13-19-5-8-21(30)9-6-19)15-23(34)17-33(16-22)27(36)37-28(2,3)4/h5-12,22-23H,13-17,31H2,1-4H3/b10-7+. The normalized spacial score (nSPS) is 20.4. The molecule has 2 aromatic rings. The van der Waals surface area contributed by atoms with E-state index in [1.165, 1.54) is 18.2 Å². The monoisotopic (exact) mass is 528 g/mol. The van der Waals surface area contributed by atoms with E-state index in [-0.39, 0.29) is 29.9 Å². The van der Waals surface area contributed by atoms with Crippen molar-refractivity contribution in [3.05, 3.63) is 70.0 Å². The fraction of sp³-hybridized carbons (Fsp3) is 0.429. The number of carbonyl (C=O) groups excluding carboxylic acids is 2. The number of anilines is 1. The molecule has 2 unspecified atom stereocenters. The molecule has 2 heterocycles. The van der Waals surface area contributed by atoms with Crippen LogP contribution in [0.1, 0.15) is 37.5 Å². The van der Waals surface area contributed by atoms with Gasteiger partial charge in [-0.05, 0) is 74.7 Å². The number of ether oxygens (including phenoxy) is 1. The second-order valence-electron chi connectivity index (χ2n) is 10.8. The van der Waals surface area contributed by atoms with E-state index in [1.807, 2.05) is 38.7 Å². The summed E-state index contributed by atoms with van der Waals surface area (Å²) in [5.41, 5.74) is 8.60. The molecule has 2 saturated heterocycles. The number of hydrogen-bond donors (Lipinski definition) is 1. The third-order valence-corrected chi connectivity index (χ3v) is 6.99. The molecule has 198 valence electrons. The molecule has 7 nitrogen and oxygen atoms in total. The first kappa shape index (κ1) is 26.9. The second-order valence-corrected chi connectivity index (χ2v) is 11.2. The van der Waals surface area contributed by atoms with Crippen LogP contribution in [0.15, 0.2) is 42.5 Å². The number of aryl methyl sites for hydroxylation is 1. The zero-order valence-electron chi connectivity index (χ0n) is 21.7. The Morgan fingerprint density at radius 2 is 1.73 bits per heavy atom. The summed E-state index contributed by atoms with van der Waals surface area (Å²) in [6, 6.07) is 9.55. The number of piperazine rings is 2. The van der Waals surface area contributed by atoms with Crippen molar-refractivity contribution >= 4 is 35.4 Å². The minimum Gasteiger partial charge on any atom is -0.444 e. The molecular formula is C28H34ClFN4O3. The van der Waals surface area contributed by atoms with Crippen molar-refractivity contribution in [1.82, 2.24) is 14.7 Å². The Morgan fingerprint density at radius 1 is 1.11 bits per heavy atom. The lowest BCUT2D eigenvalue weighted by Crippen LogP contribution is -2.70. The van der Waals surface area contributed by atoms with Crippen molar-refractivity contribution in [2.75, 3.05) is 31.9 Å². The summed E-state index contributed by atoms with van der Waals surface area (Å²) in [4.78, 5) is 32.1. The molecule has 2 fully saturated rings. The molecule has 2 bridgehead atoms. The second kappa shape index (κ2) is 10.7. The maximum absolute atomic E-state index is 13.4. The lowest BCUT2D eigenvalue weighted by atomic mass is 9.99. The number of nitrogen functional groups attached to an aromatic ring is 1. The van der Waals surface area contributed by atoms with Crippen LogP contribution in [-0.4, -0.2) is 70.6 Å². The first-order valence-electron chi connectivity index (χ1n) is 12.4. The number of benzene rings is 2. The molecule has 2 aliphatic rings. The van der Waals surface area contributed by atoms with E-state index in [4.69, 9.17) is 22.1 Å². The summed E-state index contributed by atoms with van der Waals surface area (Å²) in [6.07, 6.45) is 2.88. The Balaban J connectivity index is 1.53. The van der Waals surface area contributed by atoms with Gasteiger partial charge >= 0.3 is 6.09 Å². The zero-order valence-corrected chi connectivity index (χ0v) is 22.5. The van der Waals surface area contributed by atoms with E-state index < -0.39 is 5.60 Å². The molecule has 0 aromatic heterocycles. The quantitative estimate of drug-likeness (QED) is 0.459. The van der Waals surface area contributed by atoms with Gasteiger partial charge in [-0.15, -0.1) is 0 Å². The van der Waals surface area contributed by atoms with Crippen molar-refractivity contribution in [3.63, 3.8) is 0 Å². The van der Waals surface area contributed by atoms with Crippen molar-refractivity contribution in [2.24, 2.45) is 0 Å². The number of nitrogens with two attached hydrogens (primary N) is 1. The lowest BCUT2D eigenvalue weighted by Gasteiger charge is -2.52. The van der Waals surface area contributed by atoms with E-state index in [2.05, 4.69) is 4.90 Å². The third kappa shape index (κ3) is 6.62. The van der Waals surface area contributed by atoms with Crippen molar-refractivity contribution in [3.8, 4) is 0 Å². The van der Waals surface area contributed by atoms with Gasteiger partial charge < -0.3 is 20.3 Å². The van der Waals surface area contributed by atoms with Gasteiger partial charge in [-0.2, -0.15) is 0 Å². The molecule has 0 spiro atoms. The Morgan fingerprint density at radius 3 is 2.32 bits per heavy atom. The Bertz CT molecular complexity index is 1180. The number of rotatable bonds is 4. The largest absolute Gasteiger partial charge is 0.444 e. The van der Waals surface area contributed by atoms with Crippen LogP contribution in [0.3, 0.4) is 0 Å². The molecule has 37 heavy (non-hydrogen) atoms. The first-order chi connectivity index (χ1) is 17.4. The van der Waals surface area contributed by atoms with Crippen LogP contribution in [0.5, 0.6) is 0 Å². The number of amides is 2. The van der Waals surface area contributed by atoms with E-state index in [0.29, 0.717) is 43.4 Å². The summed E-state index contributed by atoms with van der Waals surface area (Å²) in [6.45, 7) is 9.93. The number of fused-ring (bicyclic) bond motifs is 2. The van der Waals surface area contributed by atoms with Crippen LogP contribution in [0.2, 0.25) is 5.02 Å². The minimum atomic E-state index is -0.604. The van der Waals surface area contributed by atoms with Crippen LogP contribution in [0, 0.1) is 12.7 Å². The predicted molar refractivity (Wildman–Crippen MR) is 144 cm³/mol. The topological polar surface area (TPSA) is 79.1 Å². The number of halogens is 2. The fourth-order valence-electron chi connectivity index (χ4n) is 4.94. The zero-order chi connectivity index (χ0) is 26.9. The molecule has 0 aliphatic carbocycles. The van der Waals surface area contributed by atoms with Crippen LogP contribution in [0.4, 0.5) is 14.9 Å². The molecule has 0 saturated carbocycles. The average Bonchev–Trinajstić information content (AvgIpc) is 2.80. The molecular weight excluding hydrogens is 495 g/mol. The number of nitrogens with zero attached hydrogens (tertiary/aromatic N) is 3. The van der Waals surface area contributed by atoms with Gasteiger partial charge in [-0.1, -0.05) is 23.7 Å². The highest BCUT2D eigenvalue weighted by Crippen LogP contribution is 2.28. The van der Waals surface area contributed by atoms with Crippen molar-refractivity contribution in [2.45, 2.75) is 51.9 Å². The predicted octanol–water partition coefficient (Wildman–Crippen LogP) is 4.72. The molecule has 2 aliphatic heterocycles. The Labute approximate surface area is 222 Å². The summed E-state index contributed by atoms with van der Waals surface area (Å²) in [7, 11) is 0. The average molecular weight is 529 g/mol. The number of hydrogen-bond acceptors (Lipinski definition) is 5. The van der Waals surface area contributed by atoms with E-state index in [9.17, 15) is 14.0 Å². The maximum atomic E-state index is 13.4. The smallest absolute Gasteiger partial charge is 0.410 e. The maximum Gasteiger partial charge on any atom is 0.410 e. The molecule has 0 radical (unpaired) electrons. The van der Waals surface area contributed by atoms with Gasteiger partial charge in [-0.25, -0.2) is 9.18 Å². The summed E-state index contributed by atoms with van der Waals surface area (Å²) in [5, 5.41) is 0.579. The molecule has 9 heteroatoms. The highest BCUT2D eigenvalue weighted by Gasteiger charge is 2.44. The van der Waals surface area contributed by atoms with E-state index >= 15 is 0 Å². The third-order valence-electron chi connectivity index (χ3n) is 6.58. The fourth-order valence-corrected chi connectivity index (χ4v) is 5.11. The van der Waals surface area contributed by atoms with E-state index in [1.54, 1.807) is 29.2 Å². The Hall–Kier alpha value is -3.10. The van der Waals surface area contributed by atoms with Gasteiger partial charge in [0.2, 0.25) is 5.91 Å². The van der Waals surface area contributed by atoms with E-state index in [0.717, 1.165) is 16.7 Å². The first-order valence-corrected chi connectivity index (χ1v) is 12.8.